The Morgan fingerprint density at radius 3 is 2.70 bits per heavy atom. The predicted molar refractivity (Wildman–Crippen MR) is 100 cm³/mol. The zero-order chi connectivity index (χ0) is 19.7. The van der Waals surface area contributed by atoms with E-state index in [4.69, 9.17) is 9.26 Å². The molecule has 2 fully saturated rings. The first-order chi connectivity index (χ1) is 12.7. The van der Waals surface area contributed by atoms with E-state index in [1.807, 2.05) is 13.8 Å². The number of piperidine rings is 1. The van der Waals surface area contributed by atoms with Crippen molar-refractivity contribution in [2.75, 3.05) is 44.8 Å². The summed E-state index contributed by atoms with van der Waals surface area (Å²) in [4.78, 5) is 16.6. The minimum Gasteiger partial charge on any atom is -0.370 e. The number of sulfone groups is 1. The second kappa shape index (κ2) is 7.89. The standard InChI is InChI=1S/C18H29N3O5S/c1-14-16(15(2)26-19-14)11-20-7-4-6-18(12-20)13-21(8-9-25-18)17(22)5-10-27(3,23)24/h4-13H2,1-3H3. The van der Waals surface area contributed by atoms with Crippen molar-refractivity contribution in [1.82, 2.24) is 15.0 Å². The number of hydrogen-bond acceptors (Lipinski definition) is 7. The van der Waals surface area contributed by atoms with Gasteiger partial charge in [-0.05, 0) is 33.2 Å². The molecule has 27 heavy (non-hydrogen) atoms. The minimum absolute atomic E-state index is 0.0394. The normalized spacial score (nSPS) is 24.5. The molecule has 0 aliphatic carbocycles. The summed E-state index contributed by atoms with van der Waals surface area (Å²) in [6.07, 6.45) is 3.10. The van der Waals surface area contributed by atoms with Crippen LogP contribution in [-0.2, 0) is 25.9 Å². The number of morpholine rings is 1. The van der Waals surface area contributed by atoms with Gasteiger partial charge in [-0.25, -0.2) is 8.42 Å². The maximum atomic E-state index is 12.5. The molecule has 3 heterocycles. The number of carbonyl (C=O) groups is 1. The van der Waals surface area contributed by atoms with Gasteiger partial charge in [-0.2, -0.15) is 0 Å². The molecule has 2 aliphatic heterocycles. The van der Waals surface area contributed by atoms with Crippen LogP contribution in [0.1, 0.15) is 36.3 Å². The maximum Gasteiger partial charge on any atom is 0.223 e. The van der Waals surface area contributed by atoms with Crippen LogP contribution in [0.3, 0.4) is 0 Å². The molecule has 1 amide bonds. The Labute approximate surface area is 160 Å². The van der Waals surface area contributed by atoms with E-state index in [9.17, 15) is 13.2 Å². The Hall–Kier alpha value is -1.45. The first kappa shape index (κ1) is 20.3. The van der Waals surface area contributed by atoms with Crippen molar-refractivity contribution in [3.05, 3.63) is 17.0 Å². The van der Waals surface area contributed by atoms with Crippen LogP contribution in [0.5, 0.6) is 0 Å². The first-order valence-electron chi connectivity index (χ1n) is 9.41. The summed E-state index contributed by atoms with van der Waals surface area (Å²) in [6, 6.07) is 0. The highest BCUT2D eigenvalue weighted by Crippen LogP contribution is 2.30. The monoisotopic (exact) mass is 399 g/mol. The molecule has 2 saturated heterocycles. The summed E-state index contributed by atoms with van der Waals surface area (Å²) in [6.45, 7) is 7.88. The number of carbonyl (C=O) groups excluding carboxylic acids is 1. The second-order valence-electron chi connectivity index (χ2n) is 7.84. The summed E-state index contributed by atoms with van der Waals surface area (Å²) >= 11 is 0. The van der Waals surface area contributed by atoms with Crippen molar-refractivity contribution in [3.63, 3.8) is 0 Å². The molecule has 1 aromatic heterocycles. The minimum atomic E-state index is -3.14. The van der Waals surface area contributed by atoms with E-state index in [0.29, 0.717) is 19.7 Å². The SMILES string of the molecule is Cc1noc(C)c1CN1CCCC2(C1)CN(C(=O)CCS(C)(=O)=O)CCO2. The van der Waals surface area contributed by atoms with Gasteiger partial charge in [0.05, 0.1) is 30.2 Å². The number of hydrogen-bond donors (Lipinski definition) is 0. The third kappa shape index (κ3) is 5.08. The topological polar surface area (TPSA) is 93.0 Å². The zero-order valence-corrected chi connectivity index (χ0v) is 17.2. The number of amides is 1. The highest BCUT2D eigenvalue weighted by atomic mass is 32.2. The lowest BCUT2D eigenvalue weighted by Crippen LogP contribution is -2.60. The third-order valence-electron chi connectivity index (χ3n) is 5.47. The molecular formula is C18H29N3O5S. The number of likely N-dealkylation sites (tertiary alicyclic amines) is 1. The van der Waals surface area contributed by atoms with Crippen LogP contribution in [0, 0.1) is 13.8 Å². The highest BCUT2D eigenvalue weighted by molar-refractivity contribution is 7.90. The lowest BCUT2D eigenvalue weighted by atomic mass is 9.90. The van der Waals surface area contributed by atoms with Crippen LogP contribution < -0.4 is 0 Å². The lowest BCUT2D eigenvalue weighted by molar-refractivity contribution is -0.161. The Kier molecular flexibility index (Phi) is 5.93. The molecular weight excluding hydrogens is 370 g/mol. The van der Waals surface area contributed by atoms with Crippen LogP contribution in [0.2, 0.25) is 0 Å². The Morgan fingerprint density at radius 1 is 1.26 bits per heavy atom. The molecule has 0 N–H and O–H groups in total. The largest absolute Gasteiger partial charge is 0.370 e. The second-order valence-corrected chi connectivity index (χ2v) is 10.1. The Bertz CT molecular complexity index is 767. The maximum absolute atomic E-state index is 12.5. The number of nitrogens with zero attached hydrogens (tertiary/aromatic N) is 3. The Morgan fingerprint density at radius 2 is 2.04 bits per heavy atom. The van der Waals surface area contributed by atoms with E-state index in [1.165, 1.54) is 0 Å². The average molecular weight is 400 g/mol. The predicted octanol–water partition coefficient (Wildman–Crippen LogP) is 0.920. The molecule has 1 aromatic rings. The van der Waals surface area contributed by atoms with Gasteiger partial charge in [0.2, 0.25) is 5.91 Å². The van der Waals surface area contributed by atoms with Crippen LogP contribution in [0.15, 0.2) is 4.52 Å². The van der Waals surface area contributed by atoms with E-state index >= 15 is 0 Å². The molecule has 2 aliphatic rings. The number of aryl methyl sites for hydroxylation is 2. The van der Waals surface area contributed by atoms with E-state index in [0.717, 1.165) is 55.7 Å². The number of ether oxygens (including phenoxy) is 1. The molecule has 3 rings (SSSR count). The van der Waals surface area contributed by atoms with Crippen molar-refractivity contribution >= 4 is 15.7 Å². The smallest absolute Gasteiger partial charge is 0.223 e. The van der Waals surface area contributed by atoms with Gasteiger partial charge in [0.15, 0.2) is 0 Å². The molecule has 0 aromatic carbocycles. The summed E-state index contributed by atoms with van der Waals surface area (Å²) in [5.41, 5.74) is 1.65. The lowest BCUT2D eigenvalue weighted by Gasteiger charge is -2.48. The number of rotatable bonds is 5. The molecule has 1 spiro atoms. The van der Waals surface area contributed by atoms with E-state index in [-0.39, 0.29) is 23.7 Å². The van der Waals surface area contributed by atoms with Gasteiger partial charge in [-0.1, -0.05) is 5.16 Å². The molecule has 0 saturated carbocycles. The van der Waals surface area contributed by atoms with E-state index in [1.54, 1.807) is 4.90 Å². The third-order valence-corrected chi connectivity index (χ3v) is 6.42. The van der Waals surface area contributed by atoms with Crippen molar-refractivity contribution in [2.45, 2.75) is 45.3 Å². The molecule has 152 valence electrons. The van der Waals surface area contributed by atoms with Crippen LogP contribution >= 0.6 is 0 Å². The van der Waals surface area contributed by atoms with Gasteiger partial charge in [0.25, 0.3) is 0 Å². The molecule has 1 unspecified atom stereocenters. The fraction of sp³-hybridized carbons (Fsp3) is 0.778. The van der Waals surface area contributed by atoms with Crippen LogP contribution in [-0.4, -0.2) is 79.7 Å². The molecule has 9 heteroatoms. The Balaban J connectivity index is 1.63. The van der Waals surface area contributed by atoms with Crippen LogP contribution in [0.4, 0.5) is 0 Å². The van der Waals surface area contributed by atoms with Gasteiger partial charge in [0, 0.05) is 37.9 Å². The van der Waals surface area contributed by atoms with Gasteiger partial charge < -0.3 is 14.2 Å². The fourth-order valence-corrected chi connectivity index (χ4v) is 4.56. The van der Waals surface area contributed by atoms with Crippen molar-refractivity contribution in [2.24, 2.45) is 0 Å². The van der Waals surface area contributed by atoms with E-state index in [2.05, 4.69) is 10.1 Å². The van der Waals surface area contributed by atoms with Crippen molar-refractivity contribution in [1.29, 1.82) is 0 Å². The summed E-state index contributed by atoms with van der Waals surface area (Å²) in [7, 11) is -3.14. The van der Waals surface area contributed by atoms with Crippen molar-refractivity contribution < 1.29 is 22.5 Å². The molecule has 0 radical (unpaired) electrons. The number of aromatic nitrogens is 1. The van der Waals surface area contributed by atoms with Gasteiger partial charge in [-0.15, -0.1) is 0 Å². The average Bonchev–Trinajstić information content (AvgIpc) is 2.91. The van der Waals surface area contributed by atoms with Gasteiger partial charge in [0.1, 0.15) is 15.6 Å². The molecule has 1 atom stereocenters. The van der Waals surface area contributed by atoms with Gasteiger partial charge in [-0.3, -0.25) is 9.69 Å². The molecule has 8 nitrogen and oxygen atoms in total. The quantitative estimate of drug-likeness (QED) is 0.727. The summed E-state index contributed by atoms with van der Waals surface area (Å²) in [5, 5.41) is 4.03. The van der Waals surface area contributed by atoms with Crippen molar-refractivity contribution in [3.8, 4) is 0 Å². The summed E-state index contributed by atoms with van der Waals surface area (Å²) in [5.74, 6) is 0.633. The fourth-order valence-electron chi connectivity index (χ4n) is 4.01. The van der Waals surface area contributed by atoms with E-state index < -0.39 is 9.84 Å². The zero-order valence-electron chi connectivity index (χ0n) is 16.4. The van der Waals surface area contributed by atoms with Crippen LogP contribution in [0.25, 0.3) is 0 Å². The first-order valence-corrected chi connectivity index (χ1v) is 11.5. The highest BCUT2D eigenvalue weighted by Gasteiger charge is 2.41. The summed E-state index contributed by atoms with van der Waals surface area (Å²) < 4.78 is 34.1. The van der Waals surface area contributed by atoms with Gasteiger partial charge >= 0.3 is 0 Å². The molecule has 0 bridgehead atoms.